The number of Topliss-reactive ketones (excluding diaryl/α,β-unsaturated/α-hetero) is 1. The van der Waals surface area contributed by atoms with Crippen molar-refractivity contribution < 1.29 is 15.0 Å². The molecule has 0 heterocycles. The van der Waals surface area contributed by atoms with Crippen LogP contribution in [0.1, 0.15) is 112 Å². The molecule has 202 valence electrons. The second-order valence-corrected chi connectivity index (χ2v) is 14.7. The normalized spacial score (nSPS) is 48.3. The van der Waals surface area contributed by atoms with E-state index in [-0.39, 0.29) is 28.6 Å². The summed E-state index contributed by atoms with van der Waals surface area (Å²) < 4.78 is 0. The molecule has 0 saturated heterocycles. The number of carbonyl (C=O) groups is 1. The minimum Gasteiger partial charge on any atom is -0.389 e. The average Bonchev–Trinajstić information content (AvgIpc) is 2.80. The summed E-state index contributed by atoms with van der Waals surface area (Å²) in [5.41, 5.74) is 1.69. The van der Waals surface area contributed by atoms with E-state index in [4.69, 9.17) is 0 Å². The molecule has 0 amide bonds. The van der Waals surface area contributed by atoms with Crippen LogP contribution >= 0.6 is 0 Å². The molecular formula is C33H52O3. The van der Waals surface area contributed by atoms with Crippen molar-refractivity contribution in [3.05, 3.63) is 23.3 Å². The summed E-state index contributed by atoms with van der Waals surface area (Å²) >= 11 is 0. The summed E-state index contributed by atoms with van der Waals surface area (Å²) in [6.45, 7) is 13.4. The van der Waals surface area contributed by atoms with E-state index in [0.29, 0.717) is 17.6 Å². The first-order valence-corrected chi connectivity index (χ1v) is 15.2. The second kappa shape index (κ2) is 9.37. The van der Waals surface area contributed by atoms with Crippen molar-refractivity contribution in [3.8, 4) is 0 Å². The van der Waals surface area contributed by atoms with Crippen molar-refractivity contribution in [2.45, 2.75) is 124 Å². The van der Waals surface area contributed by atoms with Gasteiger partial charge in [-0.3, -0.25) is 4.79 Å². The SMILES string of the molecule is CC(O)C1=C(CCC2CCCCC2)CC2(C)CC3(C)CC4CC=CC(C)C4C(=O)C3C(C)C2(C)C1O. The summed E-state index contributed by atoms with van der Waals surface area (Å²) in [5.74, 6) is 2.21. The fourth-order valence-corrected chi connectivity index (χ4v) is 10.7. The van der Waals surface area contributed by atoms with E-state index in [2.05, 4.69) is 46.8 Å². The molecule has 36 heavy (non-hydrogen) atoms. The molecule has 10 atom stereocenters. The first kappa shape index (κ1) is 26.7. The van der Waals surface area contributed by atoms with E-state index in [1.165, 1.54) is 44.1 Å². The Balaban J connectivity index is 1.51. The molecule has 0 aromatic heterocycles. The first-order valence-electron chi connectivity index (χ1n) is 15.2. The lowest BCUT2D eigenvalue weighted by Crippen LogP contribution is -2.67. The summed E-state index contributed by atoms with van der Waals surface area (Å²) in [6.07, 6.45) is 16.3. The zero-order valence-corrected chi connectivity index (χ0v) is 23.9. The number of rotatable bonds is 4. The molecule has 5 aliphatic carbocycles. The van der Waals surface area contributed by atoms with Gasteiger partial charge < -0.3 is 10.2 Å². The van der Waals surface area contributed by atoms with Crippen LogP contribution in [-0.2, 0) is 4.79 Å². The lowest BCUT2D eigenvalue weighted by atomic mass is 9.36. The maximum absolute atomic E-state index is 14.2. The molecule has 0 bridgehead atoms. The van der Waals surface area contributed by atoms with Crippen molar-refractivity contribution in [1.82, 2.24) is 0 Å². The zero-order valence-electron chi connectivity index (χ0n) is 23.9. The third-order valence-corrected chi connectivity index (χ3v) is 12.5. The summed E-state index contributed by atoms with van der Waals surface area (Å²) in [5, 5.41) is 23.1. The minimum atomic E-state index is -0.689. The molecule has 2 N–H and O–H groups in total. The van der Waals surface area contributed by atoms with Crippen LogP contribution in [0.4, 0.5) is 0 Å². The maximum atomic E-state index is 14.2. The minimum absolute atomic E-state index is 0.0144. The van der Waals surface area contributed by atoms with Gasteiger partial charge in [0.05, 0.1) is 12.2 Å². The van der Waals surface area contributed by atoms with Gasteiger partial charge in [0.25, 0.3) is 0 Å². The van der Waals surface area contributed by atoms with Crippen LogP contribution in [0.5, 0.6) is 0 Å². The third kappa shape index (κ3) is 3.93. The Morgan fingerprint density at radius 3 is 2.47 bits per heavy atom. The highest BCUT2D eigenvalue weighted by Crippen LogP contribution is 2.71. The quantitative estimate of drug-likeness (QED) is 0.403. The number of fused-ring (bicyclic) bond motifs is 3. The summed E-state index contributed by atoms with van der Waals surface area (Å²) in [6, 6.07) is 0. The second-order valence-electron chi connectivity index (χ2n) is 14.7. The topological polar surface area (TPSA) is 57.5 Å². The molecule has 3 heteroatoms. The van der Waals surface area contributed by atoms with E-state index < -0.39 is 17.6 Å². The van der Waals surface area contributed by atoms with Crippen molar-refractivity contribution in [3.63, 3.8) is 0 Å². The number of allylic oxidation sites excluding steroid dienone is 3. The average molecular weight is 497 g/mol. The lowest BCUT2D eigenvalue weighted by Gasteiger charge is -2.68. The molecule has 0 spiro atoms. The zero-order chi connectivity index (χ0) is 26.0. The van der Waals surface area contributed by atoms with Crippen LogP contribution in [0.3, 0.4) is 0 Å². The standard InChI is InChI=1S/C33H52O3/c1-20-11-10-14-24-17-31(4)19-32(5)18-25(16-15-23-12-8-7-9-13-23)27(22(3)34)30(36)33(32,6)21(2)28(31)29(35)26(20)24/h10-11,20-24,26,28,30,34,36H,7-9,12-19H2,1-6H3. The van der Waals surface area contributed by atoms with E-state index in [9.17, 15) is 15.0 Å². The molecule has 3 nitrogen and oxygen atoms in total. The fourth-order valence-electron chi connectivity index (χ4n) is 10.7. The highest BCUT2D eigenvalue weighted by atomic mass is 16.3. The number of ketones is 1. The van der Waals surface area contributed by atoms with Gasteiger partial charge in [-0.25, -0.2) is 0 Å². The predicted octanol–water partition coefficient (Wildman–Crippen LogP) is 7.27. The number of hydrogen-bond donors (Lipinski definition) is 2. The van der Waals surface area contributed by atoms with Gasteiger partial charge in [0.2, 0.25) is 0 Å². The van der Waals surface area contributed by atoms with Crippen LogP contribution in [-0.4, -0.2) is 28.2 Å². The summed E-state index contributed by atoms with van der Waals surface area (Å²) in [7, 11) is 0. The molecule has 0 aromatic rings. The lowest BCUT2D eigenvalue weighted by molar-refractivity contribution is -0.204. The van der Waals surface area contributed by atoms with Gasteiger partial charge in [0, 0.05) is 17.3 Å². The van der Waals surface area contributed by atoms with Crippen LogP contribution < -0.4 is 0 Å². The molecule has 0 radical (unpaired) electrons. The van der Waals surface area contributed by atoms with Crippen LogP contribution in [0.15, 0.2) is 23.3 Å². The van der Waals surface area contributed by atoms with Gasteiger partial charge in [-0.05, 0) is 85.5 Å². The Morgan fingerprint density at radius 1 is 1.11 bits per heavy atom. The third-order valence-electron chi connectivity index (χ3n) is 12.5. The summed E-state index contributed by atoms with van der Waals surface area (Å²) in [4.78, 5) is 14.2. The molecule has 10 unspecified atom stereocenters. The van der Waals surface area contributed by atoms with Crippen LogP contribution in [0, 0.1) is 51.8 Å². The highest BCUT2D eigenvalue weighted by Gasteiger charge is 2.68. The Bertz CT molecular complexity index is 925. The Hall–Kier alpha value is -0.930. The van der Waals surface area contributed by atoms with Crippen LogP contribution in [0.25, 0.3) is 0 Å². The van der Waals surface area contributed by atoms with E-state index in [1.54, 1.807) is 0 Å². The first-order chi connectivity index (χ1) is 16.9. The van der Waals surface area contributed by atoms with E-state index in [1.807, 2.05) is 6.92 Å². The van der Waals surface area contributed by atoms with Crippen molar-refractivity contribution in [2.24, 2.45) is 51.8 Å². The van der Waals surface area contributed by atoms with Gasteiger partial charge in [-0.1, -0.05) is 84.4 Å². The van der Waals surface area contributed by atoms with Crippen LogP contribution in [0.2, 0.25) is 0 Å². The Morgan fingerprint density at radius 2 is 1.81 bits per heavy atom. The van der Waals surface area contributed by atoms with Gasteiger partial charge in [-0.15, -0.1) is 0 Å². The molecule has 0 aromatic carbocycles. The number of aliphatic hydroxyl groups excluding tert-OH is 2. The number of carbonyl (C=O) groups excluding carboxylic acids is 1. The Labute approximate surface area is 220 Å². The van der Waals surface area contributed by atoms with Crippen molar-refractivity contribution >= 4 is 5.78 Å². The van der Waals surface area contributed by atoms with Crippen molar-refractivity contribution in [1.29, 1.82) is 0 Å². The largest absolute Gasteiger partial charge is 0.389 e. The highest BCUT2D eigenvalue weighted by molar-refractivity contribution is 5.86. The van der Waals surface area contributed by atoms with Gasteiger partial charge >= 0.3 is 0 Å². The van der Waals surface area contributed by atoms with Gasteiger partial charge in [0.1, 0.15) is 5.78 Å². The molecule has 3 fully saturated rings. The number of aliphatic hydroxyl groups is 2. The molecular weight excluding hydrogens is 444 g/mol. The molecule has 0 aliphatic heterocycles. The monoisotopic (exact) mass is 496 g/mol. The molecule has 5 rings (SSSR count). The van der Waals surface area contributed by atoms with Gasteiger partial charge in [0.15, 0.2) is 0 Å². The number of hydrogen-bond acceptors (Lipinski definition) is 3. The fraction of sp³-hybridized carbons (Fsp3) is 0.848. The van der Waals surface area contributed by atoms with E-state index in [0.717, 1.165) is 43.6 Å². The predicted molar refractivity (Wildman–Crippen MR) is 146 cm³/mol. The Kier molecular flexibility index (Phi) is 6.94. The maximum Gasteiger partial charge on any atom is 0.140 e. The molecule has 3 saturated carbocycles. The van der Waals surface area contributed by atoms with Gasteiger partial charge in [-0.2, -0.15) is 0 Å². The van der Waals surface area contributed by atoms with Crippen molar-refractivity contribution in [2.75, 3.05) is 0 Å². The van der Waals surface area contributed by atoms with E-state index >= 15 is 0 Å². The smallest absolute Gasteiger partial charge is 0.140 e. The molecule has 5 aliphatic rings.